The van der Waals surface area contributed by atoms with Crippen molar-refractivity contribution >= 4 is 11.3 Å². The van der Waals surface area contributed by atoms with Gasteiger partial charge < -0.3 is 20.5 Å². The van der Waals surface area contributed by atoms with Gasteiger partial charge in [-0.15, -0.1) is 0 Å². The summed E-state index contributed by atoms with van der Waals surface area (Å²) in [6.07, 6.45) is 5.26. The van der Waals surface area contributed by atoms with Crippen LogP contribution in [0.25, 0.3) is 16.6 Å². The van der Waals surface area contributed by atoms with Crippen LogP contribution in [-0.2, 0) is 0 Å². The molecule has 144 valence electrons. The molecule has 28 heavy (non-hydrogen) atoms. The van der Waals surface area contributed by atoms with E-state index in [2.05, 4.69) is 16.2 Å². The van der Waals surface area contributed by atoms with Crippen LogP contribution < -0.4 is 15.4 Å². The number of anilines is 1. The molecule has 1 fully saturated rings. The molecule has 0 saturated carbocycles. The van der Waals surface area contributed by atoms with Crippen LogP contribution in [0.15, 0.2) is 36.8 Å². The zero-order valence-corrected chi connectivity index (χ0v) is 15.6. The normalized spacial score (nSPS) is 19.6. The van der Waals surface area contributed by atoms with Crippen LogP contribution in [0.4, 0.5) is 5.82 Å². The number of aromatic nitrogens is 3. The van der Waals surface area contributed by atoms with Gasteiger partial charge in [-0.1, -0.05) is 0 Å². The maximum atomic E-state index is 10.0. The molecular weight excluding hydrogens is 356 g/mol. The first-order valence-electron chi connectivity index (χ1n) is 9.30. The molecule has 3 aromatic heterocycles. The zero-order valence-electron chi connectivity index (χ0n) is 15.6. The first-order chi connectivity index (χ1) is 13.6. The number of aliphatic hydroxyl groups excluding tert-OH is 1. The van der Waals surface area contributed by atoms with Crippen LogP contribution in [0.3, 0.4) is 0 Å². The Bertz CT molecular complexity index is 1020. The number of ether oxygens (including phenoxy) is 1. The summed E-state index contributed by atoms with van der Waals surface area (Å²) in [5, 5.41) is 23.7. The van der Waals surface area contributed by atoms with Crippen molar-refractivity contribution in [1.82, 2.24) is 14.6 Å². The van der Waals surface area contributed by atoms with E-state index < -0.39 is 6.10 Å². The fourth-order valence-electron chi connectivity index (χ4n) is 3.53. The van der Waals surface area contributed by atoms with Crippen LogP contribution >= 0.6 is 0 Å². The molecule has 8 heteroatoms. The Hall–Kier alpha value is -3.15. The van der Waals surface area contributed by atoms with E-state index in [0.29, 0.717) is 24.5 Å². The van der Waals surface area contributed by atoms with Gasteiger partial charge in [0.1, 0.15) is 17.6 Å². The van der Waals surface area contributed by atoms with Gasteiger partial charge in [0, 0.05) is 36.5 Å². The van der Waals surface area contributed by atoms with Gasteiger partial charge in [0.25, 0.3) is 0 Å². The number of fused-ring (bicyclic) bond motifs is 1. The second-order valence-corrected chi connectivity index (χ2v) is 6.86. The number of piperidine rings is 1. The van der Waals surface area contributed by atoms with Gasteiger partial charge in [0.15, 0.2) is 0 Å². The van der Waals surface area contributed by atoms with Gasteiger partial charge in [0.05, 0.1) is 36.2 Å². The predicted octanol–water partition coefficient (Wildman–Crippen LogP) is 1.56. The molecular formula is C20H22N6O2. The summed E-state index contributed by atoms with van der Waals surface area (Å²) in [4.78, 5) is 6.61. The molecule has 0 spiro atoms. The molecule has 4 rings (SSSR count). The van der Waals surface area contributed by atoms with E-state index in [0.717, 1.165) is 35.4 Å². The van der Waals surface area contributed by atoms with Gasteiger partial charge in [0.2, 0.25) is 0 Å². The van der Waals surface area contributed by atoms with Gasteiger partial charge in [-0.25, -0.2) is 9.50 Å². The summed E-state index contributed by atoms with van der Waals surface area (Å²) in [6, 6.07) is 7.79. The average Bonchev–Trinajstić information content (AvgIpc) is 3.13. The number of β-amino-alcohol motifs (C(OH)–C–C–N with tert-alkyl or cyclic N) is 1. The number of nitrogens with two attached hydrogens (primary N) is 1. The Morgan fingerprint density at radius 1 is 1.39 bits per heavy atom. The lowest BCUT2D eigenvalue weighted by Gasteiger charge is -2.34. The zero-order chi connectivity index (χ0) is 19.7. The van der Waals surface area contributed by atoms with Gasteiger partial charge in [-0.05, 0) is 31.5 Å². The Labute approximate surface area is 162 Å². The topological polar surface area (TPSA) is 113 Å². The van der Waals surface area contributed by atoms with Crippen molar-refractivity contribution in [2.45, 2.75) is 25.5 Å². The summed E-state index contributed by atoms with van der Waals surface area (Å²) < 4.78 is 7.31. The second kappa shape index (κ2) is 7.46. The lowest BCUT2D eigenvalue weighted by Crippen LogP contribution is -2.50. The molecule has 1 aliphatic heterocycles. The van der Waals surface area contributed by atoms with E-state index in [9.17, 15) is 10.4 Å². The largest absolute Gasteiger partial charge is 0.492 e. The van der Waals surface area contributed by atoms with E-state index in [1.54, 1.807) is 23.1 Å². The number of nitrogens with zero attached hydrogens (tertiary/aromatic N) is 5. The van der Waals surface area contributed by atoms with E-state index in [1.807, 2.05) is 30.0 Å². The third-order valence-electron chi connectivity index (χ3n) is 5.04. The molecule has 0 unspecified atom stereocenters. The molecule has 2 atom stereocenters. The van der Waals surface area contributed by atoms with E-state index >= 15 is 0 Å². The Morgan fingerprint density at radius 3 is 2.93 bits per heavy atom. The second-order valence-electron chi connectivity index (χ2n) is 6.86. The van der Waals surface area contributed by atoms with E-state index in [4.69, 9.17) is 10.5 Å². The summed E-state index contributed by atoms with van der Waals surface area (Å²) in [7, 11) is 0. The number of hydrogen-bond acceptors (Lipinski definition) is 7. The van der Waals surface area contributed by atoms with Gasteiger partial charge in [-0.3, -0.25) is 0 Å². The number of nitriles is 1. The van der Waals surface area contributed by atoms with E-state index in [-0.39, 0.29) is 6.04 Å². The van der Waals surface area contributed by atoms with Crippen molar-refractivity contribution in [1.29, 1.82) is 5.26 Å². The maximum absolute atomic E-state index is 10.0. The molecule has 1 saturated heterocycles. The minimum Gasteiger partial charge on any atom is -0.492 e. The number of aliphatic hydroxyl groups is 1. The molecule has 0 aliphatic carbocycles. The highest BCUT2D eigenvalue weighted by atomic mass is 16.5. The molecule has 4 heterocycles. The van der Waals surface area contributed by atoms with Gasteiger partial charge >= 0.3 is 0 Å². The van der Waals surface area contributed by atoms with Crippen LogP contribution in [0.2, 0.25) is 0 Å². The van der Waals surface area contributed by atoms with Crippen molar-refractivity contribution in [3.63, 3.8) is 0 Å². The van der Waals surface area contributed by atoms with Crippen LogP contribution in [-0.4, -0.2) is 51.5 Å². The van der Waals surface area contributed by atoms with Crippen LogP contribution in [0.5, 0.6) is 5.75 Å². The number of rotatable bonds is 4. The minimum absolute atomic E-state index is 0.184. The highest BCUT2D eigenvalue weighted by Gasteiger charge is 2.25. The predicted molar refractivity (Wildman–Crippen MR) is 105 cm³/mol. The quantitative estimate of drug-likeness (QED) is 0.708. The molecule has 0 radical (unpaired) electrons. The van der Waals surface area contributed by atoms with Crippen molar-refractivity contribution in [3.05, 3.63) is 42.4 Å². The SMILES string of the molecule is CCOc1cc(-c2ccc(N3CC[C@H](N)[C@@H](O)C3)nc2)c2c(C#N)cnn2c1. The van der Waals surface area contributed by atoms with Crippen molar-refractivity contribution < 1.29 is 9.84 Å². The van der Waals surface area contributed by atoms with Crippen molar-refractivity contribution in [2.24, 2.45) is 5.73 Å². The third-order valence-corrected chi connectivity index (χ3v) is 5.04. The smallest absolute Gasteiger partial charge is 0.138 e. The Balaban J connectivity index is 1.72. The highest BCUT2D eigenvalue weighted by molar-refractivity contribution is 5.85. The average molecular weight is 378 g/mol. The van der Waals surface area contributed by atoms with E-state index in [1.165, 1.54) is 0 Å². The van der Waals surface area contributed by atoms with Crippen LogP contribution in [0, 0.1) is 11.3 Å². The summed E-state index contributed by atoms with van der Waals surface area (Å²) in [6.45, 7) is 3.69. The monoisotopic (exact) mass is 378 g/mol. The molecule has 1 aliphatic rings. The third kappa shape index (κ3) is 3.26. The summed E-state index contributed by atoms with van der Waals surface area (Å²) >= 11 is 0. The molecule has 3 N–H and O–H groups in total. The minimum atomic E-state index is -0.553. The summed E-state index contributed by atoms with van der Waals surface area (Å²) in [5.41, 5.74) is 8.80. The molecule has 0 aromatic carbocycles. The van der Waals surface area contributed by atoms with Gasteiger partial charge in [-0.2, -0.15) is 10.4 Å². The molecule has 0 amide bonds. The summed E-state index contributed by atoms with van der Waals surface area (Å²) in [5.74, 6) is 1.47. The Kier molecular flexibility index (Phi) is 4.86. The fourth-order valence-corrected chi connectivity index (χ4v) is 3.53. The highest BCUT2D eigenvalue weighted by Crippen LogP contribution is 2.31. The lowest BCUT2D eigenvalue weighted by molar-refractivity contribution is 0.131. The molecule has 8 nitrogen and oxygen atoms in total. The fraction of sp³-hybridized carbons (Fsp3) is 0.350. The standard InChI is InChI=1S/C20H22N6O2/c1-2-28-15-7-16(20-14(8-21)10-24-26(20)11-15)13-3-4-19(23-9-13)25-6-5-17(22)18(27)12-25/h3-4,7,9-11,17-18,27H,2,5-6,12,22H2,1H3/t17-,18-/m0/s1. The maximum Gasteiger partial charge on any atom is 0.138 e. The Morgan fingerprint density at radius 2 is 2.25 bits per heavy atom. The van der Waals surface area contributed by atoms with Crippen molar-refractivity contribution in [2.75, 3.05) is 24.6 Å². The number of pyridine rings is 2. The number of hydrogen-bond donors (Lipinski definition) is 2. The first kappa shape index (κ1) is 18.2. The lowest BCUT2D eigenvalue weighted by atomic mass is 10.0. The molecule has 0 bridgehead atoms. The van der Waals surface area contributed by atoms with Crippen molar-refractivity contribution in [3.8, 4) is 22.9 Å². The first-order valence-corrected chi connectivity index (χ1v) is 9.30. The van der Waals surface area contributed by atoms with Crippen LogP contribution in [0.1, 0.15) is 18.9 Å². The molecule has 3 aromatic rings.